The van der Waals surface area contributed by atoms with Crippen molar-refractivity contribution in [2.24, 2.45) is 0 Å². The Morgan fingerprint density at radius 1 is 1.10 bits per heavy atom. The molecule has 8 heteroatoms. The number of rotatable bonds is 7. The number of amides is 2. The average molecular weight is 441 g/mol. The van der Waals surface area contributed by atoms with Gasteiger partial charge in [0.25, 0.3) is 11.8 Å². The Bertz CT molecular complexity index is 991. The monoisotopic (exact) mass is 440 g/mol. The summed E-state index contributed by atoms with van der Waals surface area (Å²) in [5.41, 5.74) is 2.13. The molecule has 2 aromatic rings. The molecule has 31 heavy (non-hydrogen) atoms. The largest absolute Gasteiger partial charge is 0.462 e. The van der Waals surface area contributed by atoms with Crippen LogP contribution in [0.3, 0.4) is 0 Å². The molecular formula is C23H24N2O5S. The molecule has 2 aliphatic heterocycles. The van der Waals surface area contributed by atoms with E-state index in [-0.39, 0.29) is 24.3 Å². The summed E-state index contributed by atoms with van der Waals surface area (Å²) in [6.07, 6.45) is 0.758. The lowest BCUT2D eigenvalue weighted by molar-refractivity contribution is -0.138. The highest BCUT2D eigenvalue weighted by molar-refractivity contribution is 7.11. The minimum atomic E-state index is -0.377. The maximum absolute atomic E-state index is 13.3. The van der Waals surface area contributed by atoms with Gasteiger partial charge < -0.3 is 14.4 Å². The minimum absolute atomic E-state index is 0.144. The fraction of sp³-hybridized carbons (Fsp3) is 0.348. The third kappa shape index (κ3) is 4.40. The number of thiophene rings is 1. The van der Waals surface area contributed by atoms with Crippen LogP contribution in [0.5, 0.6) is 0 Å². The predicted octanol–water partition coefficient (Wildman–Crippen LogP) is 2.93. The molecule has 4 rings (SSSR count). The van der Waals surface area contributed by atoms with E-state index >= 15 is 0 Å². The van der Waals surface area contributed by atoms with Gasteiger partial charge >= 0.3 is 5.97 Å². The highest BCUT2D eigenvalue weighted by atomic mass is 32.1. The molecule has 2 amide bonds. The van der Waals surface area contributed by atoms with E-state index in [1.165, 1.54) is 16.2 Å². The Labute approximate surface area is 184 Å². The molecular weight excluding hydrogens is 416 g/mol. The maximum Gasteiger partial charge on any atom is 0.338 e. The number of benzene rings is 1. The van der Waals surface area contributed by atoms with Crippen molar-refractivity contribution in [3.63, 3.8) is 0 Å². The number of morpholine rings is 1. The van der Waals surface area contributed by atoms with Gasteiger partial charge in [-0.05, 0) is 35.6 Å². The van der Waals surface area contributed by atoms with E-state index in [0.29, 0.717) is 49.7 Å². The molecule has 1 saturated heterocycles. The van der Waals surface area contributed by atoms with E-state index in [2.05, 4.69) is 0 Å². The zero-order chi connectivity index (χ0) is 21.8. The van der Waals surface area contributed by atoms with Crippen LogP contribution in [-0.2, 0) is 25.6 Å². The number of carbonyl (C=O) groups is 3. The van der Waals surface area contributed by atoms with Crippen LogP contribution in [0.2, 0.25) is 0 Å². The number of carbonyl (C=O) groups excluding carboxylic acids is 3. The van der Waals surface area contributed by atoms with Crippen LogP contribution < -0.4 is 0 Å². The van der Waals surface area contributed by atoms with Crippen LogP contribution in [0.4, 0.5) is 0 Å². The summed E-state index contributed by atoms with van der Waals surface area (Å²) in [7, 11) is 0. The fourth-order valence-corrected chi connectivity index (χ4v) is 4.40. The second-order valence-corrected chi connectivity index (χ2v) is 8.28. The molecule has 0 atom stereocenters. The number of hydrogen-bond donors (Lipinski definition) is 0. The SMILES string of the molecule is CCCOC(=O)c1ccc(CN2C(=O)C(c3cccs3)=C(N3CCOCC3)C2=O)cc1. The van der Waals surface area contributed by atoms with E-state index in [1.807, 2.05) is 29.3 Å². The molecule has 1 aromatic heterocycles. The van der Waals surface area contributed by atoms with Crippen molar-refractivity contribution >= 4 is 34.7 Å². The van der Waals surface area contributed by atoms with Crippen molar-refractivity contribution < 1.29 is 23.9 Å². The third-order valence-corrected chi connectivity index (χ3v) is 6.09. The highest BCUT2D eigenvalue weighted by Gasteiger charge is 2.42. The average Bonchev–Trinajstić information content (AvgIpc) is 3.41. The van der Waals surface area contributed by atoms with Gasteiger partial charge in [-0.2, -0.15) is 0 Å². The molecule has 0 N–H and O–H groups in total. The van der Waals surface area contributed by atoms with Crippen molar-refractivity contribution in [2.45, 2.75) is 19.9 Å². The molecule has 7 nitrogen and oxygen atoms in total. The van der Waals surface area contributed by atoms with Gasteiger partial charge in [-0.3, -0.25) is 14.5 Å². The number of nitrogens with zero attached hydrogens (tertiary/aromatic N) is 2. The Hall–Kier alpha value is -2.97. The summed E-state index contributed by atoms with van der Waals surface area (Å²) >= 11 is 1.45. The van der Waals surface area contributed by atoms with E-state index in [1.54, 1.807) is 24.3 Å². The van der Waals surface area contributed by atoms with Gasteiger partial charge in [0.05, 0.1) is 37.5 Å². The summed E-state index contributed by atoms with van der Waals surface area (Å²) in [4.78, 5) is 42.6. The topological polar surface area (TPSA) is 76.2 Å². The van der Waals surface area contributed by atoms with Crippen molar-refractivity contribution in [2.75, 3.05) is 32.9 Å². The van der Waals surface area contributed by atoms with Crippen LogP contribution in [0, 0.1) is 0 Å². The second kappa shape index (κ2) is 9.45. The summed E-state index contributed by atoms with van der Waals surface area (Å²) in [6.45, 7) is 4.65. The van der Waals surface area contributed by atoms with E-state index < -0.39 is 0 Å². The molecule has 0 unspecified atom stereocenters. The first-order valence-corrected chi connectivity index (χ1v) is 11.2. The predicted molar refractivity (Wildman–Crippen MR) is 116 cm³/mol. The number of ether oxygens (including phenoxy) is 2. The van der Waals surface area contributed by atoms with Crippen LogP contribution in [0.25, 0.3) is 5.57 Å². The van der Waals surface area contributed by atoms with Gasteiger partial charge in [0.2, 0.25) is 0 Å². The van der Waals surface area contributed by atoms with Crippen LogP contribution in [0.1, 0.15) is 34.1 Å². The van der Waals surface area contributed by atoms with E-state index in [4.69, 9.17) is 9.47 Å². The first-order valence-electron chi connectivity index (χ1n) is 10.3. The molecule has 3 heterocycles. The molecule has 162 valence electrons. The summed E-state index contributed by atoms with van der Waals surface area (Å²) in [6, 6.07) is 10.6. The molecule has 1 aromatic carbocycles. The fourth-order valence-electron chi connectivity index (χ4n) is 3.64. The van der Waals surface area contributed by atoms with Gasteiger partial charge in [0, 0.05) is 18.0 Å². The standard InChI is InChI=1S/C23H24N2O5S/c1-2-11-30-23(28)17-7-5-16(6-8-17)15-25-21(26)19(18-4-3-14-31-18)20(22(25)27)24-9-12-29-13-10-24/h3-8,14H,2,9-13,15H2,1H3. The number of imide groups is 1. The third-order valence-electron chi connectivity index (χ3n) is 5.21. The van der Waals surface area contributed by atoms with E-state index in [0.717, 1.165) is 16.9 Å². The first-order chi connectivity index (χ1) is 15.1. The number of esters is 1. The second-order valence-electron chi connectivity index (χ2n) is 7.33. The van der Waals surface area contributed by atoms with Gasteiger partial charge in [0.1, 0.15) is 5.70 Å². The maximum atomic E-state index is 13.3. The summed E-state index contributed by atoms with van der Waals surface area (Å²) < 4.78 is 10.6. The quantitative estimate of drug-likeness (QED) is 0.487. The van der Waals surface area contributed by atoms with Crippen molar-refractivity contribution in [1.82, 2.24) is 9.80 Å². The van der Waals surface area contributed by atoms with Gasteiger partial charge in [-0.15, -0.1) is 11.3 Å². The van der Waals surface area contributed by atoms with Gasteiger partial charge in [-0.25, -0.2) is 4.79 Å². The zero-order valence-corrected chi connectivity index (χ0v) is 18.2. The Morgan fingerprint density at radius 3 is 2.48 bits per heavy atom. The Morgan fingerprint density at radius 2 is 1.84 bits per heavy atom. The molecule has 1 fully saturated rings. The van der Waals surface area contributed by atoms with Crippen LogP contribution in [-0.4, -0.2) is 60.5 Å². The van der Waals surface area contributed by atoms with Gasteiger partial charge in [-0.1, -0.05) is 25.1 Å². The van der Waals surface area contributed by atoms with E-state index in [9.17, 15) is 14.4 Å². The molecule has 0 spiro atoms. The summed E-state index contributed by atoms with van der Waals surface area (Å²) in [5, 5.41) is 1.90. The zero-order valence-electron chi connectivity index (χ0n) is 17.3. The lowest BCUT2D eigenvalue weighted by Gasteiger charge is -2.29. The molecule has 0 radical (unpaired) electrons. The van der Waals surface area contributed by atoms with Crippen LogP contribution in [0.15, 0.2) is 47.5 Å². The molecule has 2 aliphatic rings. The van der Waals surface area contributed by atoms with Crippen LogP contribution >= 0.6 is 11.3 Å². The van der Waals surface area contributed by atoms with Crippen molar-refractivity contribution in [1.29, 1.82) is 0 Å². The molecule has 0 aliphatic carbocycles. The van der Waals surface area contributed by atoms with Crippen molar-refractivity contribution in [3.8, 4) is 0 Å². The normalized spacial score (nSPS) is 16.9. The van der Waals surface area contributed by atoms with Gasteiger partial charge in [0.15, 0.2) is 0 Å². The van der Waals surface area contributed by atoms with Crippen molar-refractivity contribution in [3.05, 3.63) is 63.5 Å². The highest BCUT2D eigenvalue weighted by Crippen LogP contribution is 2.35. The molecule has 0 saturated carbocycles. The number of hydrogen-bond acceptors (Lipinski definition) is 7. The summed E-state index contributed by atoms with van der Waals surface area (Å²) in [5.74, 6) is -0.958. The molecule has 0 bridgehead atoms. The lowest BCUT2D eigenvalue weighted by Crippen LogP contribution is -2.40. The minimum Gasteiger partial charge on any atom is -0.462 e. The Balaban J connectivity index is 1.56. The Kier molecular flexibility index (Phi) is 6.48. The lowest BCUT2D eigenvalue weighted by atomic mass is 10.1. The first kappa shape index (κ1) is 21.3. The smallest absolute Gasteiger partial charge is 0.338 e.